The maximum atomic E-state index is 12.2. The molecule has 2 aromatic rings. The average Bonchev–Trinajstić information content (AvgIpc) is 2.63. The van der Waals surface area contributed by atoms with Crippen LogP contribution in [0.2, 0.25) is 0 Å². The zero-order valence-electron chi connectivity index (χ0n) is 14.5. The predicted octanol–water partition coefficient (Wildman–Crippen LogP) is 3.79. The number of aromatic nitrogens is 1. The molecule has 2 rings (SSSR count). The number of amides is 1. The highest BCUT2D eigenvalue weighted by atomic mass is 32.2. The normalized spacial score (nSPS) is 10.1. The summed E-state index contributed by atoms with van der Waals surface area (Å²) in [6, 6.07) is 6.90. The molecular formula is C18H17N3O3S2. The summed E-state index contributed by atoms with van der Waals surface area (Å²) in [5, 5.41) is 14.1. The molecule has 0 aliphatic heterocycles. The molecule has 1 N–H and O–H groups in total. The van der Waals surface area contributed by atoms with Crippen molar-refractivity contribution < 1.29 is 14.3 Å². The van der Waals surface area contributed by atoms with Gasteiger partial charge in [0.05, 0.1) is 5.56 Å². The molecule has 8 heteroatoms. The molecule has 0 saturated carbocycles. The third kappa shape index (κ3) is 5.00. The number of hydrogen-bond donors (Lipinski definition) is 1. The van der Waals surface area contributed by atoms with Crippen LogP contribution in [-0.4, -0.2) is 29.7 Å². The first-order valence-corrected chi connectivity index (χ1v) is 9.63. The van der Waals surface area contributed by atoms with Crippen LogP contribution < -0.4 is 5.32 Å². The molecular weight excluding hydrogens is 370 g/mol. The highest BCUT2D eigenvalue weighted by Crippen LogP contribution is 2.27. The molecule has 1 aromatic heterocycles. The lowest BCUT2D eigenvalue weighted by atomic mass is 10.1. The van der Waals surface area contributed by atoms with Crippen LogP contribution in [0.3, 0.4) is 0 Å². The van der Waals surface area contributed by atoms with Crippen molar-refractivity contribution in [2.75, 3.05) is 18.2 Å². The van der Waals surface area contributed by atoms with Gasteiger partial charge in [-0.2, -0.15) is 5.26 Å². The number of carbonyl (C=O) groups excluding carboxylic acids is 2. The maximum absolute atomic E-state index is 12.2. The number of hydrogen-bond acceptors (Lipinski definition) is 7. The Bertz CT molecular complexity index is 855. The number of esters is 1. The molecule has 6 nitrogen and oxygen atoms in total. The summed E-state index contributed by atoms with van der Waals surface area (Å²) < 4.78 is 5.10. The van der Waals surface area contributed by atoms with Crippen LogP contribution in [0.25, 0.3) is 0 Å². The number of ether oxygens (including phenoxy) is 1. The Morgan fingerprint density at radius 3 is 2.62 bits per heavy atom. The Balaban J connectivity index is 2.01. The molecule has 0 unspecified atom stereocenters. The molecule has 0 aliphatic carbocycles. The van der Waals surface area contributed by atoms with Gasteiger partial charge in [0.25, 0.3) is 5.91 Å². The van der Waals surface area contributed by atoms with Crippen LogP contribution in [0.4, 0.5) is 5.69 Å². The van der Waals surface area contributed by atoms with Crippen molar-refractivity contribution in [2.24, 2.45) is 0 Å². The molecule has 0 atom stereocenters. The fourth-order valence-electron chi connectivity index (χ4n) is 2.33. The fourth-order valence-corrected chi connectivity index (χ4v) is 3.44. The Morgan fingerprint density at radius 2 is 2.00 bits per heavy atom. The molecule has 0 saturated heterocycles. The summed E-state index contributed by atoms with van der Waals surface area (Å²) >= 11 is 2.39. The Labute approximate surface area is 160 Å². The Kier molecular flexibility index (Phi) is 7.06. The highest BCUT2D eigenvalue weighted by molar-refractivity contribution is 8.03. The molecule has 1 heterocycles. The van der Waals surface area contributed by atoms with Gasteiger partial charge in [-0.15, -0.1) is 11.8 Å². The number of carbonyl (C=O) groups is 2. The largest absolute Gasteiger partial charge is 0.452 e. The van der Waals surface area contributed by atoms with Gasteiger partial charge in [0.2, 0.25) is 0 Å². The fraction of sp³-hybridized carbons (Fsp3) is 0.222. The van der Waals surface area contributed by atoms with Crippen molar-refractivity contribution in [3.63, 3.8) is 0 Å². The molecule has 0 aliphatic rings. The van der Waals surface area contributed by atoms with Gasteiger partial charge in [0.15, 0.2) is 6.61 Å². The minimum atomic E-state index is -0.591. The van der Waals surface area contributed by atoms with E-state index >= 15 is 0 Å². The van der Waals surface area contributed by atoms with E-state index in [4.69, 9.17) is 10.00 Å². The number of nitriles is 1. The number of nitrogens with zero attached hydrogens (tertiary/aromatic N) is 2. The smallest absolute Gasteiger partial charge is 0.341 e. The quantitative estimate of drug-likeness (QED) is 0.458. The third-order valence-electron chi connectivity index (χ3n) is 3.45. The molecule has 1 aromatic carbocycles. The SMILES string of the molecule is CSc1ncccc1C(=O)OCC(=O)Nc1c(C)cc(SC#N)cc1C. The highest BCUT2D eigenvalue weighted by Gasteiger charge is 2.16. The Morgan fingerprint density at radius 1 is 1.31 bits per heavy atom. The summed E-state index contributed by atoms with van der Waals surface area (Å²) in [5.74, 6) is -1.02. The van der Waals surface area contributed by atoms with Gasteiger partial charge in [-0.3, -0.25) is 4.79 Å². The van der Waals surface area contributed by atoms with E-state index in [0.29, 0.717) is 16.3 Å². The first kappa shape index (κ1) is 19.8. The number of pyridine rings is 1. The average molecular weight is 387 g/mol. The van der Waals surface area contributed by atoms with Crippen molar-refractivity contribution >= 4 is 41.1 Å². The maximum Gasteiger partial charge on any atom is 0.341 e. The van der Waals surface area contributed by atoms with Crippen LogP contribution in [0.15, 0.2) is 40.4 Å². The van der Waals surface area contributed by atoms with Crippen molar-refractivity contribution in [2.45, 2.75) is 23.8 Å². The van der Waals surface area contributed by atoms with Crippen molar-refractivity contribution in [1.82, 2.24) is 4.98 Å². The second-order valence-corrected chi connectivity index (χ2v) is 6.96. The van der Waals surface area contributed by atoms with E-state index in [9.17, 15) is 9.59 Å². The van der Waals surface area contributed by atoms with E-state index in [1.807, 2.05) is 37.6 Å². The number of nitrogens with one attached hydrogen (secondary N) is 1. The van der Waals surface area contributed by atoms with E-state index in [2.05, 4.69) is 10.3 Å². The number of anilines is 1. The lowest BCUT2D eigenvalue weighted by molar-refractivity contribution is -0.119. The van der Waals surface area contributed by atoms with Gasteiger partial charge in [-0.25, -0.2) is 9.78 Å². The number of rotatable bonds is 6. The van der Waals surface area contributed by atoms with Crippen LogP contribution in [0, 0.1) is 24.5 Å². The van der Waals surface area contributed by atoms with Crippen LogP contribution in [0.5, 0.6) is 0 Å². The van der Waals surface area contributed by atoms with E-state index in [0.717, 1.165) is 27.8 Å². The minimum Gasteiger partial charge on any atom is -0.452 e. The molecule has 1 amide bonds. The second-order valence-electron chi connectivity index (χ2n) is 5.31. The van der Waals surface area contributed by atoms with Crippen molar-refractivity contribution in [3.05, 3.63) is 47.2 Å². The summed E-state index contributed by atoms with van der Waals surface area (Å²) in [7, 11) is 0. The summed E-state index contributed by atoms with van der Waals surface area (Å²) in [5.41, 5.74) is 2.65. The van der Waals surface area contributed by atoms with Crippen molar-refractivity contribution in [3.8, 4) is 5.40 Å². The number of thioether (sulfide) groups is 2. The number of benzene rings is 1. The van der Waals surface area contributed by atoms with Crippen LogP contribution in [0.1, 0.15) is 21.5 Å². The predicted molar refractivity (Wildman–Crippen MR) is 102 cm³/mol. The topological polar surface area (TPSA) is 92.1 Å². The Hall–Kier alpha value is -2.50. The van der Waals surface area contributed by atoms with E-state index in [1.54, 1.807) is 18.3 Å². The number of thiocyanates is 1. The van der Waals surface area contributed by atoms with Crippen LogP contribution >= 0.6 is 23.5 Å². The molecule has 0 fully saturated rings. The molecule has 0 radical (unpaired) electrons. The first-order chi connectivity index (χ1) is 12.5. The van der Waals surface area contributed by atoms with Gasteiger partial charge in [-0.1, -0.05) is 0 Å². The van der Waals surface area contributed by atoms with Crippen molar-refractivity contribution in [1.29, 1.82) is 5.26 Å². The van der Waals surface area contributed by atoms with E-state index in [1.165, 1.54) is 11.8 Å². The third-order valence-corrected chi connectivity index (χ3v) is 4.73. The van der Waals surface area contributed by atoms with E-state index < -0.39 is 18.5 Å². The summed E-state index contributed by atoms with van der Waals surface area (Å²) in [6.45, 7) is 3.29. The van der Waals surface area contributed by atoms with Crippen LogP contribution in [-0.2, 0) is 9.53 Å². The standard InChI is InChI=1S/C18H17N3O3S2/c1-11-7-13(26-10-19)8-12(2)16(11)21-15(22)9-24-18(23)14-5-4-6-20-17(14)25-3/h4-8H,9H2,1-3H3,(H,21,22). The van der Waals surface area contributed by atoms with Gasteiger partial charge >= 0.3 is 5.97 Å². The molecule has 0 spiro atoms. The lowest BCUT2D eigenvalue weighted by Gasteiger charge is -2.13. The van der Waals surface area contributed by atoms with E-state index in [-0.39, 0.29) is 0 Å². The minimum absolute atomic E-state index is 0.332. The second kappa shape index (κ2) is 9.27. The van der Waals surface area contributed by atoms with Gasteiger partial charge in [0.1, 0.15) is 10.4 Å². The van der Waals surface area contributed by atoms with Gasteiger partial charge in [0, 0.05) is 16.8 Å². The molecule has 134 valence electrons. The van der Waals surface area contributed by atoms with Gasteiger partial charge in [-0.05, 0) is 67.3 Å². The zero-order chi connectivity index (χ0) is 19.1. The number of aryl methyl sites for hydroxylation is 2. The van der Waals surface area contributed by atoms with Gasteiger partial charge < -0.3 is 10.1 Å². The molecule has 26 heavy (non-hydrogen) atoms. The summed E-state index contributed by atoms with van der Waals surface area (Å²) in [4.78, 5) is 29.2. The summed E-state index contributed by atoms with van der Waals surface area (Å²) in [6.07, 6.45) is 3.40. The lowest BCUT2D eigenvalue weighted by Crippen LogP contribution is -2.22. The first-order valence-electron chi connectivity index (χ1n) is 7.59. The monoisotopic (exact) mass is 387 g/mol. The zero-order valence-corrected chi connectivity index (χ0v) is 16.2. The molecule has 0 bridgehead atoms.